The molecule has 0 saturated heterocycles. The largest absolute Gasteiger partial charge is 0.491 e. The summed E-state index contributed by atoms with van der Waals surface area (Å²) in [4.78, 5) is 11.3. The maximum absolute atomic E-state index is 11.3. The minimum Gasteiger partial charge on any atom is -0.491 e. The number of aliphatic hydroxyl groups is 1. The molecule has 0 amide bonds. The van der Waals surface area contributed by atoms with Crippen LogP contribution in [0.2, 0.25) is 0 Å². The summed E-state index contributed by atoms with van der Waals surface area (Å²) in [6.45, 7) is 4.37. The van der Waals surface area contributed by atoms with Gasteiger partial charge in [-0.25, -0.2) is 0 Å². The number of ketones is 1. The Morgan fingerprint density at radius 1 is 1.12 bits per heavy atom. The molecule has 24 heavy (non-hydrogen) atoms. The summed E-state index contributed by atoms with van der Waals surface area (Å²) in [6.07, 6.45) is 0.275. The third-order valence-corrected chi connectivity index (χ3v) is 3.79. The fourth-order valence-electron chi connectivity index (χ4n) is 2.41. The standard InChI is InChI=1S/C20H25NO3/c1-15(12-17-8-10-18(11-9-17)16(2)22)21-13-19(23)14-24-20-6-4-3-5-7-20/h3-11,15,19,21,23H,12-14H2,1-2H3. The number of hydrogen-bond donors (Lipinski definition) is 2. The van der Waals surface area contributed by atoms with E-state index in [9.17, 15) is 9.90 Å². The predicted molar refractivity (Wildman–Crippen MR) is 95.6 cm³/mol. The van der Waals surface area contributed by atoms with Gasteiger partial charge in [-0.05, 0) is 38.0 Å². The van der Waals surface area contributed by atoms with Crippen LogP contribution < -0.4 is 10.1 Å². The summed E-state index contributed by atoms with van der Waals surface area (Å²) < 4.78 is 5.53. The topological polar surface area (TPSA) is 58.6 Å². The monoisotopic (exact) mass is 327 g/mol. The lowest BCUT2D eigenvalue weighted by atomic mass is 10.0. The molecule has 0 fully saturated rings. The van der Waals surface area contributed by atoms with Crippen molar-refractivity contribution in [3.63, 3.8) is 0 Å². The molecule has 2 N–H and O–H groups in total. The number of para-hydroxylation sites is 1. The van der Waals surface area contributed by atoms with Crippen molar-refractivity contribution in [2.24, 2.45) is 0 Å². The molecule has 0 aliphatic rings. The Hall–Kier alpha value is -2.17. The molecule has 0 aromatic heterocycles. The van der Waals surface area contributed by atoms with E-state index in [0.717, 1.165) is 23.3 Å². The second-order valence-corrected chi connectivity index (χ2v) is 6.04. The van der Waals surface area contributed by atoms with Crippen molar-refractivity contribution < 1.29 is 14.6 Å². The third-order valence-electron chi connectivity index (χ3n) is 3.79. The van der Waals surface area contributed by atoms with Gasteiger partial charge >= 0.3 is 0 Å². The summed E-state index contributed by atoms with van der Waals surface area (Å²) in [5.74, 6) is 0.837. The number of Topliss-reactive ketones (excluding diaryl/α,β-unsaturated/α-hetero) is 1. The zero-order valence-electron chi connectivity index (χ0n) is 14.2. The summed E-state index contributed by atoms with van der Waals surface area (Å²) in [6, 6.07) is 17.3. The molecule has 4 heteroatoms. The highest BCUT2D eigenvalue weighted by molar-refractivity contribution is 5.93. The molecule has 2 unspecified atom stereocenters. The average molecular weight is 327 g/mol. The highest BCUT2D eigenvalue weighted by atomic mass is 16.5. The van der Waals surface area contributed by atoms with Crippen LogP contribution in [0, 0.1) is 0 Å². The van der Waals surface area contributed by atoms with Crippen LogP contribution in [-0.2, 0) is 6.42 Å². The number of rotatable bonds is 9. The lowest BCUT2D eigenvalue weighted by Gasteiger charge is -2.18. The predicted octanol–water partition coefficient (Wildman–Crippen LogP) is 2.85. The van der Waals surface area contributed by atoms with E-state index in [1.807, 2.05) is 54.6 Å². The van der Waals surface area contributed by atoms with Crippen molar-refractivity contribution in [3.05, 3.63) is 65.7 Å². The molecule has 0 bridgehead atoms. The fourth-order valence-corrected chi connectivity index (χ4v) is 2.41. The Bertz CT molecular complexity index is 625. The molecular formula is C20H25NO3. The van der Waals surface area contributed by atoms with Crippen molar-refractivity contribution in [3.8, 4) is 5.75 Å². The Morgan fingerprint density at radius 2 is 1.79 bits per heavy atom. The Labute approximate surface area is 143 Å². The molecule has 0 aliphatic heterocycles. The highest BCUT2D eigenvalue weighted by Crippen LogP contribution is 2.09. The Balaban J connectivity index is 1.70. The molecule has 128 valence electrons. The Kier molecular flexibility index (Phi) is 6.97. The fraction of sp³-hybridized carbons (Fsp3) is 0.350. The van der Waals surface area contributed by atoms with Gasteiger partial charge in [-0.15, -0.1) is 0 Å². The van der Waals surface area contributed by atoms with E-state index < -0.39 is 6.10 Å². The van der Waals surface area contributed by atoms with Crippen molar-refractivity contribution in [2.75, 3.05) is 13.2 Å². The zero-order chi connectivity index (χ0) is 17.4. The third kappa shape index (κ3) is 6.14. The van der Waals surface area contributed by atoms with Crippen LogP contribution in [-0.4, -0.2) is 36.2 Å². The van der Waals surface area contributed by atoms with Crippen LogP contribution in [0.5, 0.6) is 5.75 Å². The second-order valence-electron chi connectivity index (χ2n) is 6.04. The highest BCUT2D eigenvalue weighted by Gasteiger charge is 2.09. The summed E-state index contributed by atoms with van der Waals surface area (Å²) in [5, 5.41) is 13.3. The average Bonchev–Trinajstić information content (AvgIpc) is 2.59. The van der Waals surface area contributed by atoms with Crippen LogP contribution in [0.3, 0.4) is 0 Å². The summed E-state index contributed by atoms with van der Waals surface area (Å²) >= 11 is 0. The zero-order valence-corrected chi connectivity index (χ0v) is 14.2. The van der Waals surface area contributed by atoms with E-state index in [-0.39, 0.29) is 18.4 Å². The second kappa shape index (κ2) is 9.21. The SMILES string of the molecule is CC(=O)c1ccc(CC(C)NCC(O)COc2ccccc2)cc1. The van der Waals surface area contributed by atoms with Crippen LogP contribution >= 0.6 is 0 Å². The van der Waals surface area contributed by atoms with Crippen molar-refractivity contribution in [1.29, 1.82) is 0 Å². The number of nitrogens with one attached hydrogen (secondary N) is 1. The van der Waals surface area contributed by atoms with E-state index in [0.29, 0.717) is 6.54 Å². The maximum atomic E-state index is 11.3. The van der Waals surface area contributed by atoms with Crippen molar-refractivity contribution >= 4 is 5.78 Å². The molecule has 2 aromatic carbocycles. The van der Waals surface area contributed by atoms with Gasteiger partial charge in [-0.2, -0.15) is 0 Å². The van der Waals surface area contributed by atoms with Crippen LogP contribution in [0.1, 0.15) is 29.8 Å². The molecule has 0 spiro atoms. The first kappa shape index (κ1) is 18.2. The molecule has 2 atom stereocenters. The number of carbonyl (C=O) groups excluding carboxylic acids is 1. The number of ether oxygens (including phenoxy) is 1. The molecule has 0 saturated carbocycles. The van der Waals surface area contributed by atoms with Gasteiger partial charge in [0.15, 0.2) is 5.78 Å². The summed E-state index contributed by atoms with van der Waals surface area (Å²) in [7, 11) is 0. The van der Waals surface area contributed by atoms with E-state index in [1.165, 1.54) is 0 Å². The van der Waals surface area contributed by atoms with Gasteiger partial charge in [0.05, 0.1) is 0 Å². The van der Waals surface area contributed by atoms with Gasteiger partial charge in [-0.3, -0.25) is 4.79 Å². The minimum absolute atomic E-state index is 0.0780. The number of carbonyl (C=O) groups is 1. The first-order chi connectivity index (χ1) is 11.5. The van der Waals surface area contributed by atoms with Crippen molar-refractivity contribution in [2.45, 2.75) is 32.4 Å². The van der Waals surface area contributed by atoms with Gasteiger partial charge in [-0.1, -0.05) is 42.5 Å². The lowest BCUT2D eigenvalue weighted by Crippen LogP contribution is -2.37. The van der Waals surface area contributed by atoms with E-state index >= 15 is 0 Å². The minimum atomic E-state index is -0.562. The van der Waals surface area contributed by atoms with E-state index in [4.69, 9.17) is 4.74 Å². The van der Waals surface area contributed by atoms with Crippen LogP contribution in [0.4, 0.5) is 0 Å². The van der Waals surface area contributed by atoms with Gasteiger partial charge in [0.2, 0.25) is 0 Å². The quantitative estimate of drug-likeness (QED) is 0.695. The van der Waals surface area contributed by atoms with Gasteiger partial charge in [0, 0.05) is 18.2 Å². The van der Waals surface area contributed by atoms with Crippen LogP contribution in [0.25, 0.3) is 0 Å². The smallest absolute Gasteiger partial charge is 0.159 e. The molecule has 0 aliphatic carbocycles. The number of benzene rings is 2. The lowest BCUT2D eigenvalue weighted by molar-refractivity contribution is 0.101. The molecule has 2 rings (SSSR count). The Morgan fingerprint density at radius 3 is 2.42 bits per heavy atom. The first-order valence-corrected chi connectivity index (χ1v) is 8.24. The number of aliphatic hydroxyl groups excluding tert-OH is 1. The van der Waals surface area contributed by atoms with Gasteiger partial charge < -0.3 is 15.2 Å². The number of hydrogen-bond acceptors (Lipinski definition) is 4. The van der Waals surface area contributed by atoms with Crippen LogP contribution in [0.15, 0.2) is 54.6 Å². The molecular weight excluding hydrogens is 302 g/mol. The van der Waals surface area contributed by atoms with Gasteiger partial charge in [0.25, 0.3) is 0 Å². The first-order valence-electron chi connectivity index (χ1n) is 8.24. The van der Waals surface area contributed by atoms with E-state index in [1.54, 1.807) is 6.92 Å². The summed E-state index contributed by atoms with van der Waals surface area (Å²) in [5.41, 5.74) is 1.89. The molecule has 4 nitrogen and oxygen atoms in total. The maximum Gasteiger partial charge on any atom is 0.159 e. The van der Waals surface area contributed by atoms with E-state index in [2.05, 4.69) is 12.2 Å². The van der Waals surface area contributed by atoms with Crippen molar-refractivity contribution in [1.82, 2.24) is 5.32 Å². The molecule has 0 heterocycles. The van der Waals surface area contributed by atoms with Gasteiger partial charge in [0.1, 0.15) is 18.5 Å². The molecule has 2 aromatic rings. The molecule has 0 radical (unpaired) electrons. The normalized spacial score (nSPS) is 13.3.